The van der Waals surface area contributed by atoms with Gasteiger partial charge >= 0.3 is 5.97 Å². The van der Waals surface area contributed by atoms with Gasteiger partial charge in [-0.3, -0.25) is 4.79 Å². The summed E-state index contributed by atoms with van der Waals surface area (Å²) < 4.78 is 0. The molecular formula is C13H17NO4. The lowest BCUT2D eigenvalue weighted by molar-refractivity contribution is -0.140. The minimum Gasteiger partial charge on any atom is -0.480 e. The van der Waals surface area contributed by atoms with Crippen LogP contribution in [0.2, 0.25) is 0 Å². The maximum Gasteiger partial charge on any atom is 0.328 e. The Morgan fingerprint density at radius 3 is 2.56 bits per heavy atom. The fraction of sp³-hybridized carbons (Fsp3) is 0.385. The second-order valence-electron chi connectivity index (χ2n) is 3.95. The molecule has 0 heterocycles. The molecule has 0 spiro atoms. The number of carbonyl (C=O) groups excluding carboxylic acids is 1. The van der Waals surface area contributed by atoms with Crippen LogP contribution < -0.4 is 5.32 Å². The molecule has 1 aromatic rings. The van der Waals surface area contributed by atoms with Gasteiger partial charge in [-0.15, -0.1) is 0 Å². The van der Waals surface area contributed by atoms with Crippen LogP contribution in [-0.2, 0) is 11.2 Å². The predicted molar refractivity (Wildman–Crippen MR) is 66.4 cm³/mol. The van der Waals surface area contributed by atoms with Crippen molar-refractivity contribution in [3.05, 3.63) is 35.4 Å². The monoisotopic (exact) mass is 251 g/mol. The summed E-state index contributed by atoms with van der Waals surface area (Å²) >= 11 is 0. The summed E-state index contributed by atoms with van der Waals surface area (Å²) in [7, 11) is 0. The fourth-order valence-electron chi connectivity index (χ4n) is 1.65. The summed E-state index contributed by atoms with van der Waals surface area (Å²) in [6.07, 6.45) is 1.65. The number of carboxylic acid groups (broad SMARTS) is 1. The molecule has 5 heteroatoms. The van der Waals surface area contributed by atoms with Gasteiger partial charge in [0.05, 0.1) is 6.61 Å². The number of amides is 1. The maximum atomic E-state index is 11.9. The Bertz CT molecular complexity index is 431. The van der Waals surface area contributed by atoms with E-state index >= 15 is 0 Å². The summed E-state index contributed by atoms with van der Waals surface area (Å²) in [5.74, 6) is -1.72. The van der Waals surface area contributed by atoms with Crippen molar-refractivity contribution in [3.63, 3.8) is 0 Å². The topological polar surface area (TPSA) is 86.6 Å². The second-order valence-corrected chi connectivity index (χ2v) is 3.95. The zero-order valence-corrected chi connectivity index (χ0v) is 10.2. The lowest BCUT2D eigenvalue weighted by atomic mass is 10.0. The first kappa shape index (κ1) is 14.2. The van der Waals surface area contributed by atoms with Gasteiger partial charge < -0.3 is 15.5 Å². The van der Waals surface area contributed by atoms with E-state index in [9.17, 15) is 9.59 Å². The highest BCUT2D eigenvalue weighted by Crippen LogP contribution is 2.11. The number of hydrogen-bond donors (Lipinski definition) is 3. The Balaban J connectivity index is 2.86. The molecule has 0 aliphatic rings. The van der Waals surface area contributed by atoms with Crippen molar-refractivity contribution in [2.24, 2.45) is 0 Å². The smallest absolute Gasteiger partial charge is 0.328 e. The summed E-state index contributed by atoms with van der Waals surface area (Å²) in [6, 6.07) is 5.78. The van der Waals surface area contributed by atoms with Gasteiger partial charge in [-0.2, -0.15) is 0 Å². The van der Waals surface area contributed by atoms with Crippen molar-refractivity contribution < 1.29 is 19.8 Å². The number of carboxylic acids is 1. The van der Waals surface area contributed by atoms with E-state index in [-0.39, 0.29) is 0 Å². The van der Waals surface area contributed by atoms with Crippen LogP contribution in [-0.4, -0.2) is 34.7 Å². The summed E-state index contributed by atoms with van der Waals surface area (Å²) in [5.41, 5.74) is 1.33. The highest BCUT2D eigenvalue weighted by Gasteiger charge is 2.20. The number of aliphatic hydroxyl groups is 1. The van der Waals surface area contributed by atoms with Crippen molar-refractivity contribution >= 4 is 11.9 Å². The van der Waals surface area contributed by atoms with Gasteiger partial charge in [0.25, 0.3) is 5.91 Å². The SMILES string of the molecule is CCCc1ccccc1C(=O)NC(CO)C(=O)O. The van der Waals surface area contributed by atoms with Crippen LogP contribution in [0, 0.1) is 0 Å². The van der Waals surface area contributed by atoms with Crippen molar-refractivity contribution in [2.45, 2.75) is 25.8 Å². The van der Waals surface area contributed by atoms with E-state index in [4.69, 9.17) is 10.2 Å². The number of aliphatic hydroxyl groups excluding tert-OH is 1. The van der Waals surface area contributed by atoms with Gasteiger partial charge in [-0.25, -0.2) is 4.79 Å². The molecule has 3 N–H and O–H groups in total. The van der Waals surface area contributed by atoms with Crippen molar-refractivity contribution in [1.82, 2.24) is 5.32 Å². The molecule has 1 rings (SSSR count). The maximum absolute atomic E-state index is 11.9. The number of carbonyl (C=O) groups is 2. The van der Waals surface area contributed by atoms with E-state index in [1.807, 2.05) is 19.1 Å². The number of rotatable bonds is 6. The largest absolute Gasteiger partial charge is 0.480 e. The molecule has 0 aliphatic heterocycles. The number of benzene rings is 1. The molecule has 0 saturated heterocycles. The lowest BCUT2D eigenvalue weighted by Crippen LogP contribution is -2.43. The molecule has 0 aliphatic carbocycles. The summed E-state index contributed by atoms with van der Waals surface area (Å²) in [4.78, 5) is 22.7. The Kier molecular flexibility index (Phi) is 5.32. The molecule has 1 unspecified atom stereocenters. The van der Waals surface area contributed by atoms with Crippen LogP contribution in [0.1, 0.15) is 29.3 Å². The van der Waals surface area contributed by atoms with E-state index in [0.29, 0.717) is 5.56 Å². The first-order chi connectivity index (χ1) is 8.60. The van der Waals surface area contributed by atoms with Gasteiger partial charge in [0, 0.05) is 5.56 Å². The third-order valence-corrected chi connectivity index (χ3v) is 2.57. The average molecular weight is 251 g/mol. The minimum absolute atomic E-state index is 0.457. The average Bonchev–Trinajstić information content (AvgIpc) is 2.36. The molecule has 0 saturated carbocycles. The fourth-order valence-corrected chi connectivity index (χ4v) is 1.65. The normalized spacial score (nSPS) is 11.9. The van der Waals surface area contributed by atoms with E-state index in [1.54, 1.807) is 12.1 Å². The molecule has 98 valence electrons. The Morgan fingerprint density at radius 1 is 1.33 bits per heavy atom. The van der Waals surface area contributed by atoms with Crippen molar-refractivity contribution in [3.8, 4) is 0 Å². The van der Waals surface area contributed by atoms with Gasteiger partial charge in [0.2, 0.25) is 0 Å². The molecule has 18 heavy (non-hydrogen) atoms. The van der Waals surface area contributed by atoms with E-state index in [1.165, 1.54) is 0 Å². The van der Waals surface area contributed by atoms with E-state index in [2.05, 4.69) is 5.32 Å². The summed E-state index contributed by atoms with van der Waals surface area (Å²) in [5, 5.41) is 19.9. The Hall–Kier alpha value is -1.88. The van der Waals surface area contributed by atoms with Gasteiger partial charge in [-0.1, -0.05) is 31.5 Å². The third-order valence-electron chi connectivity index (χ3n) is 2.57. The van der Waals surface area contributed by atoms with Crippen LogP contribution in [0.15, 0.2) is 24.3 Å². The molecule has 5 nitrogen and oxygen atoms in total. The Morgan fingerprint density at radius 2 is 2.00 bits per heavy atom. The van der Waals surface area contributed by atoms with Gasteiger partial charge in [-0.05, 0) is 18.1 Å². The summed E-state index contributed by atoms with van der Waals surface area (Å²) in [6.45, 7) is 1.37. The zero-order chi connectivity index (χ0) is 13.5. The highest BCUT2D eigenvalue weighted by atomic mass is 16.4. The zero-order valence-electron chi connectivity index (χ0n) is 10.2. The van der Waals surface area contributed by atoms with Gasteiger partial charge in [0.15, 0.2) is 6.04 Å². The molecule has 1 atom stereocenters. The molecule has 0 fully saturated rings. The van der Waals surface area contributed by atoms with Crippen molar-refractivity contribution in [1.29, 1.82) is 0 Å². The van der Waals surface area contributed by atoms with Crippen LogP contribution in [0.25, 0.3) is 0 Å². The molecule has 0 aromatic heterocycles. The van der Waals surface area contributed by atoms with Gasteiger partial charge in [0.1, 0.15) is 0 Å². The molecule has 1 aromatic carbocycles. The van der Waals surface area contributed by atoms with Crippen molar-refractivity contribution in [2.75, 3.05) is 6.61 Å². The van der Waals surface area contributed by atoms with Crippen LogP contribution in [0.5, 0.6) is 0 Å². The Labute approximate surface area is 105 Å². The number of aliphatic carboxylic acids is 1. The second kappa shape index (κ2) is 6.76. The first-order valence-electron chi connectivity index (χ1n) is 5.82. The number of hydrogen-bond acceptors (Lipinski definition) is 3. The molecule has 1 amide bonds. The van der Waals surface area contributed by atoms with Crippen LogP contribution in [0.3, 0.4) is 0 Å². The predicted octanol–water partition coefficient (Wildman–Crippen LogP) is 0.814. The number of nitrogens with one attached hydrogen (secondary N) is 1. The molecule has 0 bridgehead atoms. The molecular weight excluding hydrogens is 234 g/mol. The minimum atomic E-state index is -1.27. The quantitative estimate of drug-likeness (QED) is 0.698. The first-order valence-corrected chi connectivity index (χ1v) is 5.82. The van der Waals surface area contributed by atoms with Crippen LogP contribution in [0.4, 0.5) is 0 Å². The third kappa shape index (κ3) is 3.56. The standard InChI is InChI=1S/C13H17NO4/c1-2-5-9-6-3-4-7-10(9)12(16)14-11(8-15)13(17)18/h3-4,6-7,11,15H,2,5,8H2,1H3,(H,14,16)(H,17,18). The lowest BCUT2D eigenvalue weighted by Gasteiger charge is -2.13. The number of aryl methyl sites for hydroxylation is 1. The highest BCUT2D eigenvalue weighted by molar-refractivity contribution is 5.97. The molecule has 0 radical (unpaired) electrons. The van der Waals surface area contributed by atoms with E-state index < -0.39 is 24.5 Å². The van der Waals surface area contributed by atoms with Crippen LogP contribution >= 0.6 is 0 Å². The van der Waals surface area contributed by atoms with E-state index in [0.717, 1.165) is 18.4 Å².